The lowest BCUT2D eigenvalue weighted by Crippen LogP contribution is -2.00. The van der Waals surface area contributed by atoms with Crippen molar-refractivity contribution < 1.29 is 0 Å². The third-order valence-electron chi connectivity index (χ3n) is 7.88. The number of aromatic nitrogens is 3. The average Bonchev–Trinajstić information content (AvgIpc) is 3.13. The molecule has 0 fully saturated rings. The molecule has 0 aliphatic rings. The van der Waals surface area contributed by atoms with Gasteiger partial charge in [0.1, 0.15) is 0 Å². The van der Waals surface area contributed by atoms with E-state index in [0.717, 1.165) is 34.2 Å². The molecule has 3 heteroatoms. The lowest BCUT2D eigenvalue weighted by molar-refractivity contribution is 1.07. The molecular weight excluding hydrogens is 546 g/mol. The Kier molecular flexibility index (Phi) is 7.89. The minimum Gasteiger partial charge on any atom is -0.208 e. The minimum absolute atomic E-state index is 0.646. The molecule has 0 spiro atoms. The van der Waals surface area contributed by atoms with E-state index in [9.17, 15) is 0 Å². The molecular formula is C42H31N3. The van der Waals surface area contributed by atoms with Crippen molar-refractivity contribution >= 4 is 0 Å². The van der Waals surface area contributed by atoms with Gasteiger partial charge in [0.05, 0.1) is 0 Å². The minimum atomic E-state index is 0.646. The molecule has 0 amide bonds. The lowest BCUT2D eigenvalue weighted by atomic mass is 9.92. The number of hydrogen-bond donors (Lipinski definition) is 0. The van der Waals surface area contributed by atoms with Crippen molar-refractivity contribution in [2.24, 2.45) is 0 Å². The molecule has 45 heavy (non-hydrogen) atoms. The van der Waals surface area contributed by atoms with Gasteiger partial charge in [0, 0.05) is 16.7 Å². The van der Waals surface area contributed by atoms with E-state index in [4.69, 9.17) is 15.0 Å². The standard InChI is InChI=1S/C42H31N3/c1-2-12-30-19-21-32(22-20-30)38-27-37(31-13-6-3-7-14-31)28-39(29-38)33-23-25-36(26-24-33)42-44-40(34-15-8-4-9-16-34)43-41(45-42)35-17-10-5-11-18-35/h2-11,13-29H,1,12H2. The normalized spacial score (nSPS) is 10.8. The van der Waals surface area contributed by atoms with Crippen LogP contribution in [-0.4, -0.2) is 15.0 Å². The Balaban J connectivity index is 1.29. The summed E-state index contributed by atoms with van der Waals surface area (Å²) in [6, 6.07) is 54.8. The van der Waals surface area contributed by atoms with Crippen molar-refractivity contribution in [2.45, 2.75) is 6.42 Å². The van der Waals surface area contributed by atoms with E-state index in [1.165, 1.54) is 27.8 Å². The van der Waals surface area contributed by atoms with E-state index < -0.39 is 0 Å². The first kappa shape index (κ1) is 27.9. The fourth-order valence-corrected chi connectivity index (χ4v) is 5.51. The molecule has 1 heterocycles. The topological polar surface area (TPSA) is 38.7 Å². The maximum absolute atomic E-state index is 4.90. The molecule has 0 bridgehead atoms. The highest BCUT2D eigenvalue weighted by molar-refractivity contribution is 5.82. The Morgan fingerprint density at radius 2 is 0.667 bits per heavy atom. The van der Waals surface area contributed by atoms with Crippen LogP contribution >= 0.6 is 0 Å². The van der Waals surface area contributed by atoms with Gasteiger partial charge in [0.25, 0.3) is 0 Å². The number of allylic oxidation sites excluding steroid dienone is 1. The lowest BCUT2D eigenvalue weighted by Gasteiger charge is -2.12. The molecule has 0 unspecified atom stereocenters. The predicted octanol–water partition coefficient (Wildman–Crippen LogP) is 10.6. The van der Waals surface area contributed by atoms with Crippen LogP contribution in [0.1, 0.15) is 5.56 Å². The van der Waals surface area contributed by atoms with Crippen molar-refractivity contribution in [1.82, 2.24) is 15.0 Å². The molecule has 214 valence electrons. The van der Waals surface area contributed by atoms with Crippen LogP contribution in [0.25, 0.3) is 67.5 Å². The van der Waals surface area contributed by atoms with E-state index in [1.54, 1.807) is 0 Å². The Morgan fingerprint density at radius 1 is 0.356 bits per heavy atom. The second-order valence-electron chi connectivity index (χ2n) is 11.0. The Bertz CT molecular complexity index is 1990. The van der Waals surface area contributed by atoms with Gasteiger partial charge in [-0.25, -0.2) is 15.0 Å². The van der Waals surface area contributed by atoms with Crippen LogP contribution in [0.5, 0.6) is 0 Å². The summed E-state index contributed by atoms with van der Waals surface area (Å²) in [7, 11) is 0. The molecule has 0 saturated carbocycles. The van der Waals surface area contributed by atoms with Gasteiger partial charge in [-0.2, -0.15) is 0 Å². The fraction of sp³-hybridized carbons (Fsp3) is 0.0238. The van der Waals surface area contributed by atoms with Crippen LogP contribution in [0, 0.1) is 0 Å². The fourth-order valence-electron chi connectivity index (χ4n) is 5.51. The summed E-state index contributed by atoms with van der Waals surface area (Å²) in [5.41, 5.74) is 11.1. The molecule has 7 rings (SSSR count). The smallest absolute Gasteiger partial charge is 0.164 e. The first-order valence-corrected chi connectivity index (χ1v) is 15.1. The van der Waals surface area contributed by atoms with Crippen molar-refractivity contribution in [2.75, 3.05) is 0 Å². The van der Waals surface area contributed by atoms with Crippen molar-refractivity contribution in [3.63, 3.8) is 0 Å². The monoisotopic (exact) mass is 577 g/mol. The van der Waals surface area contributed by atoms with Crippen LogP contribution < -0.4 is 0 Å². The van der Waals surface area contributed by atoms with Crippen LogP contribution in [0.15, 0.2) is 170 Å². The van der Waals surface area contributed by atoms with E-state index in [-0.39, 0.29) is 0 Å². The second kappa shape index (κ2) is 12.7. The zero-order valence-electron chi connectivity index (χ0n) is 24.8. The summed E-state index contributed by atoms with van der Waals surface area (Å²) in [4.78, 5) is 14.6. The average molecular weight is 578 g/mol. The highest BCUT2D eigenvalue weighted by Gasteiger charge is 2.13. The summed E-state index contributed by atoms with van der Waals surface area (Å²) >= 11 is 0. The Morgan fingerprint density at radius 3 is 1.07 bits per heavy atom. The molecule has 3 nitrogen and oxygen atoms in total. The third kappa shape index (κ3) is 6.24. The highest BCUT2D eigenvalue weighted by atomic mass is 15.0. The first-order valence-electron chi connectivity index (χ1n) is 15.1. The zero-order valence-corrected chi connectivity index (χ0v) is 24.8. The number of benzene rings is 6. The number of rotatable bonds is 8. The van der Waals surface area contributed by atoms with Crippen molar-refractivity contribution in [1.29, 1.82) is 0 Å². The van der Waals surface area contributed by atoms with E-state index in [1.807, 2.05) is 66.7 Å². The third-order valence-corrected chi connectivity index (χ3v) is 7.88. The summed E-state index contributed by atoms with van der Waals surface area (Å²) < 4.78 is 0. The first-order chi connectivity index (χ1) is 22.2. The van der Waals surface area contributed by atoms with E-state index in [0.29, 0.717) is 17.5 Å². The van der Waals surface area contributed by atoms with Gasteiger partial charge in [0.2, 0.25) is 0 Å². The van der Waals surface area contributed by atoms with E-state index >= 15 is 0 Å². The molecule has 0 aliphatic heterocycles. The van der Waals surface area contributed by atoms with Gasteiger partial charge < -0.3 is 0 Å². The molecule has 0 aliphatic carbocycles. The SMILES string of the molecule is C=CCc1ccc(-c2cc(-c3ccccc3)cc(-c3ccc(-c4nc(-c5ccccc5)nc(-c5ccccc5)n4)cc3)c2)cc1. The maximum Gasteiger partial charge on any atom is 0.164 e. The van der Waals surface area contributed by atoms with Gasteiger partial charge in [-0.1, -0.05) is 146 Å². The molecule has 1 aromatic heterocycles. The Labute approximate surface area is 264 Å². The molecule has 7 aromatic rings. The predicted molar refractivity (Wildman–Crippen MR) is 186 cm³/mol. The quantitative estimate of drug-likeness (QED) is 0.169. The van der Waals surface area contributed by atoms with Crippen LogP contribution in [-0.2, 0) is 6.42 Å². The molecule has 0 radical (unpaired) electrons. The van der Waals surface area contributed by atoms with Crippen LogP contribution in [0.2, 0.25) is 0 Å². The van der Waals surface area contributed by atoms with Crippen LogP contribution in [0.3, 0.4) is 0 Å². The molecule has 0 saturated heterocycles. The summed E-state index contributed by atoms with van der Waals surface area (Å²) in [5.74, 6) is 1.96. The second-order valence-corrected chi connectivity index (χ2v) is 11.0. The van der Waals surface area contributed by atoms with Gasteiger partial charge in [-0.15, -0.1) is 6.58 Å². The molecule has 0 N–H and O–H groups in total. The van der Waals surface area contributed by atoms with Crippen LogP contribution in [0.4, 0.5) is 0 Å². The zero-order chi connectivity index (χ0) is 30.4. The summed E-state index contributed by atoms with van der Waals surface area (Å²) in [6.07, 6.45) is 2.80. The Hall–Kier alpha value is -5.93. The van der Waals surface area contributed by atoms with Gasteiger partial charge >= 0.3 is 0 Å². The maximum atomic E-state index is 4.90. The largest absolute Gasteiger partial charge is 0.208 e. The summed E-state index contributed by atoms with van der Waals surface area (Å²) in [5, 5.41) is 0. The summed E-state index contributed by atoms with van der Waals surface area (Å²) in [6.45, 7) is 3.88. The van der Waals surface area contributed by atoms with Gasteiger partial charge in [0.15, 0.2) is 17.5 Å². The van der Waals surface area contributed by atoms with Gasteiger partial charge in [-0.05, 0) is 63.6 Å². The molecule has 6 aromatic carbocycles. The van der Waals surface area contributed by atoms with E-state index in [2.05, 4.69) is 104 Å². The number of hydrogen-bond acceptors (Lipinski definition) is 3. The highest BCUT2D eigenvalue weighted by Crippen LogP contribution is 2.34. The van der Waals surface area contributed by atoms with Crippen molar-refractivity contribution in [3.8, 4) is 67.5 Å². The molecule has 0 atom stereocenters. The van der Waals surface area contributed by atoms with Gasteiger partial charge in [-0.3, -0.25) is 0 Å². The number of nitrogens with zero attached hydrogens (tertiary/aromatic N) is 3. The van der Waals surface area contributed by atoms with Crippen molar-refractivity contribution in [3.05, 3.63) is 176 Å².